The second-order valence-corrected chi connectivity index (χ2v) is 30.9. The van der Waals surface area contributed by atoms with Crippen molar-refractivity contribution >= 4 is 76.1 Å². The van der Waals surface area contributed by atoms with E-state index in [0.29, 0.717) is 18.5 Å². The molecule has 6 heteroatoms. The second-order valence-electron chi connectivity index (χ2n) is 29.9. The molecular formula is C83H86N4OS. The first-order chi connectivity index (χ1) is 42.2. The molecule has 0 spiro atoms. The molecule has 13 rings (SSSR count). The van der Waals surface area contributed by atoms with Gasteiger partial charge in [0.25, 0.3) is 0 Å². The van der Waals surface area contributed by atoms with Gasteiger partial charge in [0.15, 0.2) is 0 Å². The standard InChI is InChI=1S/C83H86N4OS/c1-50(2)63-22-20-23-64(51(3)4)76(63)55-29-37-70-73(43-55)86(78-68(53-25-30-56(31-26-53)80(6,7)8)41-52(5)42-69(78)54-27-32-57(33-28-54)81(9,10)11)49-85(70)60-44-59(83(15,16)17)45-62(47-60)88-61-34-35-67-72(48-61)87(75-46-58(39-40-84-75)82(12,13)14)71-38-36-66-65-21-18-19-24-74(65)89-79(66)77(67)71/h18-48,50-51H,49H2,1-17H3. The van der Waals surface area contributed by atoms with Gasteiger partial charge in [-0.1, -0.05) is 208 Å². The van der Waals surface area contributed by atoms with E-state index >= 15 is 0 Å². The monoisotopic (exact) mass is 1190 g/mol. The lowest BCUT2D eigenvalue weighted by atomic mass is 9.84. The third-order valence-corrected chi connectivity index (χ3v) is 19.7. The van der Waals surface area contributed by atoms with Crippen molar-refractivity contribution in [3.8, 4) is 50.7 Å². The van der Waals surface area contributed by atoms with Crippen LogP contribution in [0, 0.1) is 6.92 Å². The van der Waals surface area contributed by atoms with Gasteiger partial charge in [0.1, 0.15) is 24.0 Å². The van der Waals surface area contributed by atoms with Crippen LogP contribution in [0.4, 0.5) is 22.7 Å². The highest BCUT2D eigenvalue weighted by molar-refractivity contribution is 7.26. The van der Waals surface area contributed by atoms with Crippen molar-refractivity contribution in [1.29, 1.82) is 0 Å². The van der Waals surface area contributed by atoms with E-state index in [-0.39, 0.29) is 21.7 Å². The fraction of sp³-hybridized carbons (Fsp3) is 0.289. The molecule has 3 aromatic heterocycles. The van der Waals surface area contributed by atoms with Gasteiger partial charge in [-0.2, -0.15) is 0 Å². The molecule has 0 N–H and O–H groups in total. The van der Waals surface area contributed by atoms with E-state index in [1.807, 2.05) is 17.5 Å². The Hall–Kier alpha value is -8.45. The lowest BCUT2D eigenvalue weighted by molar-refractivity contribution is 0.479. The molecule has 0 bridgehead atoms. The van der Waals surface area contributed by atoms with Crippen molar-refractivity contribution in [3.63, 3.8) is 0 Å². The SMILES string of the molecule is Cc1cc(-c2ccc(C(C)(C)C)cc2)c(N2CN(c3cc(Oc4ccc5c6c7sc8ccccc8c7ccc6n(-c6cc(C(C)(C)C)ccn6)c5c4)cc(C(C)(C)C)c3)c3ccc(-c4c(C(C)C)cccc4C(C)C)cc32)c(-c2ccc(C(C)(C)C)cc2)c1. The number of fused-ring (bicyclic) bond motifs is 8. The Kier molecular flexibility index (Phi) is 14.7. The quantitative estimate of drug-likeness (QED) is 0.137. The van der Waals surface area contributed by atoms with Gasteiger partial charge in [-0.15, -0.1) is 11.3 Å². The Balaban J connectivity index is 1.01. The third kappa shape index (κ3) is 10.9. The van der Waals surface area contributed by atoms with E-state index in [2.05, 4.69) is 314 Å². The van der Waals surface area contributed by atoms with Crippen LogP contribution in [-0.2, 0) is 21.7 Å². The number of anilines is 4. The zero-order chi connectivity index (χ0) is 62.8. The van der Waals surface area contributed by atoms with Crippen LogP contribution in [0.25, 0.3) is 81.2 Å². The largest absolute Gasteiger partial charge is 0.457 e. The lowest BCUT2D eigenvalue weighted by Crippen LogP contribution is -2.25. The topological polar surface area (TPSA) is 33.5 Å². The zero-order valence-electron chi connectivity index (χ0n) is 55.4. The summed E-state index contributed by atoms with van der Waals surface area (Å²) in [4.78, 5) is 10.3. The van der Waals surface area contributed by atoms with E-state index in [1.165, 1.54) is 115 Å². The summed E-state index contributed by atoms with van der Waals surface area (Å²) in [6.45, 7) is 39.7. The summed E-state index contributed by atoms with van der Waals surface area (Å²) in [6.07, 6.45) is 1.96. The molecule has 4 heterocycles. The normalized spacial score (nSPS) is 13.3. The Bertz CT molecular complexity index is 4610. The number of benzene rings is 9. The minimum atomic E-state index is -0.209. The summed E-state index contributed by atoms with van der Waals surface area (Å²) in [5.41, 5.74) is 22.9. The van der Waals surface area contributed by atoms with E-state index < -0.39 is 0 Å². The first-order valence-corrected chi connectivity index (χ1v) is 32.9. The number of hydrogen-bond donors (Lipinski definition) is 0. The molecule has 450 valence electrons. The number of hydrogen-bond acceptors (Lipinski definition) is 5. The van der Waals surface area contributed by atoms with Crippen LogP contribution in [0.15, 0.2) is 188 Å². The number of nitrogens with zero attached hydrogens (tertiary/aromatic N) is 4. The van der Waals surface area contributed by atoms with Gasteiger partial charge in [0, 0.05) is 66.1 Å². The van der Waals surface area contributed by atoms with Crippen molar-refractivity contribution in [2.24, 2.45) is 0 Å². The summed E-state index contributed by atoms with van der Waals surface area (Å²) >= 11 is 1.87. The maximum atomic E-state index is 7.33. The van der Waals surface area contributed by atoms with Gasteiger partial charge in [-0.05, 0) is 174 Å². The molecule has 0 saturated heterocycles. The molecule has 1 aliphatic rings. The average molecular weight is 1190 g/mol. The summed E-state index contributed by atoms with van der Waals surface area (Å²) in [5.74, 6) is 3.11. The number of thiophene rings is 1. The second kappa shape index (κ2) is 21.9. The van der Waals surface area contributed by atoms with Gasteiger partial charge in [0.2, 0.25) is 0 Å². The van der Waals surface area contributed by atoms with Gasteiger partial charge in [0.05, 0.1) is 28.1 Å². The van der Waals surface area contributed by atoms with Crippen molar-refractivity contribution in [3.05, 3.63) is 227 Å². The Labute approximate surface area is 532 Å². The fourth-order valence-corrected chi connectivity index (χ4v) is 14.7. The predicted octanol–water partition coefficient (Wildman–Crippen LogP) is 24.3. The number of ether oxygens (including phenoxy) is 1. The maximum absolute atomic E-state index is 7.33. The van der Waals surface area contributed by atoms with Crippen LogP contribution in [0.2, 0.25) is 0 Å². The van der Waals surface area contributed by atoms with Crippen LogP contribution in [-0.4, -0.2) is 16.2 Å². The maximum Gasteiger partial charge on any atom is 0.137 e. The van der Waals surface area contributed by atoms with Gasteiger partial charge < -0.3 is 14.5 Å². The van der Waals surface area contributed by atoms with E-state index in [1.54, 1.807) is 0 Å². The zero-order valence-corrected chi connectivity index (χ0v) is 56.2. The van der Waals surface area contributed by atoms with Crippen molar-refractivity contribution in [1.82, 2.24) is 9.55 Å². The van der Waals surface area contributed by atoms with E-state index in [4.69, 9.17) is 9.72 Å². The summed E-state index contributed by atoms with van der Waals surface area (Å²) in [7, 11) is 0. The number of aromatic nitrogens is 2. The lowest BCUT2D eigenvalue weighted by Gasteiger charge is -2.29. The van der Waals surface area contributed by atoms with Crippen molar-refractivity contribution < 1.29 is 4.74 Å². The molecule has 89 heavy (non-hydrogen) atoms. The Morgan fingerprint density at radius 1 is 0.461 bits per heavy atom. The molecule has 0 fully saturated rings. The minimum absolute atomic E-state index is 0.0138. The van der Waals surface area contributed by atoms with Crippen LogP contribution in [0.3, 0.4) is 0 Å². The molecule has 1 aliphatic heterocycles. The molecule has 0 atom stereocenters. The van der Waals surface area contributed by atoms with Crippen LogP contribution in [0.5, 0.6) is 11.5 Å². The highest BCUT2D eigenvalue weighted by Crippen LogP contribution is 2.54. The molecule has 0 unspecified atom stereocenters. The smallest absolute Gasteiger partial charge is 0.137 e. The van der Waals surface area contributed by atoms with E-state index in [0.717, 1.165) is 39.7 Å². The van der Waals surface area contributed by atoms with Gasteiger partial charge in [-0.3, -0.25) is 4.57 Å². The predicted molar refractivity (Wildman–Crippen MR) is 384 cm³/mol. The molecule has 0 saturated carbocycles. The van der Waals surface area contributed by atoms with Crippen molar-refractivity contribution in [2.45, 2.75) is 151 Å². The average Bonchev–Trinajstić information content (AvgIpc) is 1.70. The Morgan fingerprint density at radius 2 is 1.06 bits per heavy atom. The Morgan fingerprint density at radius 3 is 1.66 bits per heavy atom. The molecule has 0 aliphatic carbocycles. The highest BCUT2D eigenvalue weighted by Gasteiger charge is 2.35. The summed E-state index contributed by atoms with van der Waals surface area (Å²) in [5, 5.41) is 4.97. The van der Waals surface area contributed by atoms with Crippen molar-refractivity contribution in [2.75, 3.05) is 16.5 Å². The summed E-state index contributed by atoms with van der Waals surface area (Å²) in [6, 6.07) is 69.2. The molecule has 9 aromatic carbocycles. The number of rotatable bonds is 10. The molecular weight excluding hydrogens is 1100 g/mol. The number of aryl methyl sites for hydroxylation is 1. The van der Waals surface area contributed by atoms with Gasteiger partial charge >= 0.3 is 0 Å². The number of pyridine rings is 1. The summed E-state index contributed by atoms with van der Waals surface area (Å²) < 4.78 is 12.3. The molecule has 0 amide bonds. The fourth-order valence-electron chi connectivity index (χ4n) is 13.5. The minimum Gasteiger partial charge on any atom is -0.457 e. The molecule has 0 radical (unpaired) electrons. The van der Waals surface area contributed by atoms with Crippen LogP contribution in [0.1, 0.15) is 162 Å². The van der Waals surface area contributed by atoms with Gasteiger partial charge in [-0.25, -0.2) is 4.98 Å². The highest BCUT2D eigenvalue weighted by atomic mass is 32.1. The first kappa shape index (κ1) is 59.5. The molecule has 5 nitrogen and oxygen atoms in total. The van der Waals surface area contributed by atoms with E-state index in [9.17, 15) is 0 Å². The first-order valence-electron chi connectivity index (χ1n) is 32.1. The molecule has 12 aromatic rings. The third-order valence-electron chi connectivity index (χ3n) is 18.5. The van der Waals surface area contributed by atoms with Crippen LogP contribution < -0.4 is 14.5 Å². The van der Waals surface area contributed by atoms with Crippen LogP contribution >= 0.6 is 11.3 Å².